The van der Waals surface area contributed by atoms with Crippen LogP contribution in [0.4, 0.5) is 0 Å². The number of hydrogen-bond acceptors (Lipinski definition) is 4. The number of rotatable bonds is 4. The van der Waals surface area contributed by atoms with E-state index in [1.165, 1.54) is 0 Å². The van der Waals surface area contributed by atoms with Gasteiger partial charge >= 0.3 is 0 Å². The number of β-amino-alcohol motifs (C(OH)–C–C–N with tert-alkyl or cyclic N) is 1. The number of carbonyl (C=O) groups excluding carboxylic acids is 1. The molecule has 1 amide bonds. The Balaban J connectivity index is 2.27. The molecule has 1 rings (SSSR count). The van der Waals surface area contributed by atoms with Crippen LogP contribution in [0.5, 0.6) is 0 Å². The Morgan fingerprint density at radius 2 is 2.50 bits per heavy atom. The summed E-state index contributed by atoms with van der Waals surface area (Å²) in [5.74, 6) is 0.921. The van der Waals surface area contributed by atoms with Crippen molar-refractivity contribution in [2.24, 2.45) is 0 Å². The molecule has 3 N–H and O–H groups in total. The van der Waals surface area contributed by atoms with Gasteiger partial charge in [-0.3, -0.25) is 4.79 Å². The molecule has 5 heteroatoms. The van der Waals surface area contributed by atoms with E-state index < -0.39 is 0 Å². The van der Waals surface area contributed by atoms with Crippen molar-refractivity contribution in [1.82, 2.24) is 10.6 Å². The van der Waals surface area contributed by atoms with Gasteiger partial charge in [0.05, 0.1) is 12.1 Å². The molecule has 1 aliphatic rings. The fourth-order valence-corrected chi connectivity index (χ4v) is 2.14. The number of carbonyl (C=O) groups is 1. The number of aliphatic hydroxyl groups excluding tert-OH is 1. The summed E-state index contributed by atoms with van der Waals surface area (Å²) in [6.45, 7) is 2.51. The molecule has 1 fully saturated rings. The maximum atomic E-state index is 11.6. The van der Waals surface area contributed by atoms with Crippen LogP contribution < -0.4 is 10.6 Å². The highest BCUT2D eigenvalue weighted by Crippen LogP contribution is 2.06. The summed E-state index contributed by atoms with van der Waals surface area (Å²) in [7, 11) is 0. The molecule has 1 saturated heterocycles. The molecule has 0 radical (unpaired) electrons. The summed E-state index contributed by atoms with van der Waals surface area (Å²) in [5.41, 5.74) is 0. The highest BCUT2D eigenvalue weighted by molar-refractivity contribution is 7.98. The maximum absolute atomic E-state index is 11.6. The fourth-order valence-electron chi connectivity index (χ4n) is 1.55. The Morgan fingerprint density at radius 3 is 3.00 bits per heavy atom. The topological polar surface area (TPSA) is 61.4 Å². The van der Waals surface area contributed by atoms with Gasteiger partial charge in [0.25, 0.3) is 0 Å². The molecule has 1 heterocycles. The zero-order valence-corrected chi connectivity index (χ0v) is 9.43. The third-order valence-corrected chi connectivity index (χ3v) is 3.06. The predicted molar refractivity (Wildman–Crippen MR) is 58.4 cm³/mol. The minimum Gasteiger partial charge on any atom is -0.392 e. The summed E-state index contributed by atoms with van der Waals surface area (Å²) < 4.78 is 0. The van der Waals surface area contributed by atoms with Gasteiger partial charge in [-0.05, 0) is 19.6 Å². The molecule has 3 atom stereocenters. The second-order valence-corrected chi connectivity index (χ2v) is 4.63. The summed E-state index contributed by atoms with van der Waals surface area (Å²) in [6.07, 6.45) is 2.17. The van der Waals surface area contributed by atoms with E-state index >= 15 is 0 Å². The lowest BCUT2D eigenvalue weighted by Crippen LogP contribution is -2.44. The van der Waals surface area contributed by atoms with Gasteiger partial charge in [-0.15, -0.1) is 0 Å². The first-order valence-corrected chi connectivity index (χ1v) is 6.23. The summed E-state index contributed by atoms with van der Waals surface area (Å²) in [5, 5.41) is 15.1. The van der Waals surface area contributed by atoms with E-state index in [9.17, 15) is 9.90 Å². The van der Waals surface area contributed by atoms with Crippen molar-refractivity contribution >= 4 is 17.7 Å². The molecule has 0 saturated carbocycles. The van der Waals surface area contributed by atoms with E-state index in [1.807, 2.05) is 13.2 Å². The van der Waals surface area contributed by atoms with E-state index in [0.29, 0.717) is 13.0 Å². The molecule has 1 unspecified atom stereocenters. The highest BCUT2D eigenvalue weighted by atomic mass is 32.2. The van der Waals surface area contributed by atoms with Crippen molar-refractivity contribution in [3.05, 3.63) is 0 Å². The van der Waals surface area contributed by atoms with Gasteiger partial charge in [-0.2, -0.15) is 11.8 Å². The molecule has 0 aromatic rings. The molecule has 14 heavy (non-hydrogen) atoms. The molecule has 82 valence electrons. The van der Waals surface area contributed by atoms with Gasteiger partial charge in [-0.1, -0.05) is 0 Å². The summed E-state index contributed by atoms with van der Waals surface area (Å²) >= 11 is 1.71. The second-order valence-electron chi connectivity index (χ2n) is 3.72. The van der Waals surface area contributed by atoms with Crippen molar-refractivity contribution in [3.63, 3.8) is 0 Å². The van der Waals surface area contributed by atoms with Crippen LogP contribution in [0.1, 0.15) is 13.3 Å². The van der Waals surface area contributed by atoms with Crippen LogP contribution in [0.2, 0.25) is 0 Å². The number of nitrogens with one attached hydrogen (secondary N) is 2. The van der Waals surface area contributed by atoms with Crippen LogP contribution in [0.3, 0.4) is 0 Å². The molecule has 0 bridgehead atoms. The van der Waals surface area contributed by atoms with Gasteiger partial charge < -0.3 is 15.7 Å². The third-order valence-electron chi connectivity index (χ3n) is 2.23. The maximum Gasteiger partial charge on any atom is 0.237 e. The average molecular weight is 218 g/mol. The Labute approximate surface area is 88.8 Å². The number of aliphatic hydroxyl groups is 1. The smallest absolute Gasteiger partial charge is 0.237 e. The van der Waals surface area contributed by atoms with Gasteiger partial charge in [0.2, 0.25) is 5.91 Å². The monoisotopic (exact) mass is 218 g/mol. The minimum absolute atomic E-state index is 0.00287. The van der Waals surface area contributed by atoms with E-state index in [0.717, 1.165) is 5.75 Å². The highest BCUT2D eigenvalue weighted by Gasteiger charge is 2.28. The largest absolute Gasteiger partial charge is 0.392 e. The third kappa shape index (κ3) is 3.48. The average Bonchev–Trinajstić information content (AvgIpc) is 2.52. The molecule has 1 aliphatic heterocycles. The van der Waals surface area contributed by atoms with Crippen LogP contribution in [-0.2, 0) is 4.79 Å². The Kier molecular flexibility index (Phi) is 4.71. The number of thioether (sulfide) groups is 1. The van der Waals surface area contributed by atoms with Crippen LogP contribution in [0.25, 0.3) is 0 Å². The van der Waals surface area contributed by atoms with Crippen molar-refractivity contribution in [2.75, 3.05) is 18.6 Å². The standard InChI is InChI=1S/C9H18N2O2S/c1-6(5-14-2)11-9(13)8-3-7(12)4-10-8/h6-8,10,12H,3-5H2,1-2H3,(H,11,13)/t6?,7-,8-/m1/s1. The minimum atomic E-state index is -0.374. The first kappa shape index (κ1) is 11.8. The van der Waals surface area contributed by atoms with Crippen LogP contribution in [0.15, 0.2) is 0 Å². The Hall–Kier alpha value is -0.260. The Morgan fingerprint density at radius 1 is 1.79 bits per heavy atom. The number of amides is 1. The van der Waals surface area contributed by atoms with Gasteiger partial charge in [-0.25, -0.2) is 0 Å². The Bertz CT molecular complexity index is 201. The van der Waals surface area contributed by atoms with E-state index in [4.69, 9.17) is 0 Å². The van der Waals surface area contributed by atoms with Gasteiger partial charge in [0.15, 0.2) is 0 Å². The van der Waals surface area contributed by atoms with Crippen molar-refractivity contribution in [2.45, 2.75) is 31.5 Å². The van der Waals surface area contributed by atoms with Crippen LogP contribution >= 0.6 is 11.8 Å². The summed E-state index contributed by atoms with van der Waals surface area (Å²) in [4.78, 5) is 11.6. The summed E-state index contributed by atoms with van der Waals surface area (Å²) in [6, 6.07) is -0.0219. The van der Waals surface area contributed by atoms with E-state index in [-0.39, 0.29) is 24.1 Å². The lowest BCUT2D eigenvalue weighted by atomic mass is 10.2. The zero-order chi connectivity index (χ0) is 10.6. The zero-order valence-electron chi connectivity index (χ0n) is 8.62. The van der Waals surface area contributed by atoms with Gasteiger partial charge in [0.1, 0.15) is 0 Å². The second kappa shape index (κ2) is 5.58. The van der Waals surface area contributed by atoms with Crippen LogP contribution in [-0.4, -0.2) is 47.8 Å². The molecular weight excluding hydrogens is 200 g/mol. The van der Waals surface area contributed by atoms with E-state index in [1.54, 1.807) is 11.8 Å². The SMILES string of the molecule is CSCC(C)NC(=O)[C@H]1C[C@@H](O)CN1. The van der Waals surface area contributed by atoms with Crippen molar-refractivity contribution in [1.29, 1.82) is 0 Å². The lowest BCUT2D eigenvalue weighted by Gasteiger charge is -2.16. The van der Waals surface area contributed by atoms with Crippen molar-refractivity contribution < 1.29 is 9.90 Å². The molecule has 4 nitrogen and oxygen atoms in total. The molecular formula is C9H18N2O2S. The fraction of sp³-hybridized carbons (Fsp3) is 0.889. The molecule has 0 aliphatic carbocycles. The molecule has 0 spiro atoms. The first-order chi connectivity index (χ1) is 6.63. The van der Waals surface area contributed by atoms with Gasteiger partial charge in [0, 0.05) is 18.3 Å². The normalized spacial score (nSPS) is 28.8. The van der Waals surface area contributed by atoms with Crippen molar-refractivity contribution in [3.8, 4) is 0 Å². The molecule has 0 aromatic heterocycles. The van der Waals surface area contributed by atoms with Crippen LogP contribution in [0, 0.1) is 0 Å². The quantitative estimate of drug-likeness (QED) is 0.599. The van der Waals surface area contributed by atoms with E-state index in [2.05, 4.69) is 10.6 Å². The lowest BCUT2D eigenvalue weighted by molar-refractivity contribution is -0.123. The first-order valence-electron chi connectivity index (χ1n) is 4.84. The predicted octanol–water partition coefficient (Wildman–Crippen LogP) is -0.423. The molecule has 0 aromatic carbocycles. The number of hydrogen-bond donors (Lipinski definition) is 3.